The second kappa shape index (κ2) is 10.0. The van der Waals surface area contributed by atoms with Crippen LogP contribution in [0.25, 0.3) is 0 Å². The largest absolute Gasteiger partial charge is 0.484 e. The molecule has 2 aliphatic heterocycles. The highest BCUT2D eigenvalue weighted by Crippen LogP contribution is 2.36. The number of nitrogens with zero attached hydrogens (tertiary/aromatic N) is 2. The Morgan fingerprint density at radius 3 is 2.59 bits per heavy atom. The molecule has 2 heterocycles. The topological polar surface area (TPSA) is 71.1 Å². The summed E-state index contributed by atoms with van der Waals surface area (Å²) in [7, 11) is 0. The average Bonchev–Trinajstić information content (AvgIpc) is 2.80. The van der Waals surface area contributed by atoms with Gasteiger partial charge in [0.25, 0.3) is 11.8 Å². The van der Waals surface area contributed by atoms with E-state index in [9.17, 15) is 9.59 Å². The van der Waals surface area contributed by atoms with Crippen molar-refractivity contribution in [1.82, 2.24) is 4.90 Å². The molecule has 7 heteroatoms. The number of benzene rings is 2. The Morgan fingerprint density at radius 1 is 1.09 bits per heavy atom. The van der Waals surface area contributed by atoms with Gasteiger partial charge in [-0.1, -0.05) is 24.1 Å². The van der Waals surface area contributed by atoms with Crippen LogP contribution in [0.5, 0.6) is 11.5 Å². The monoisotopic (exact) mass is 437 g/mol. The summed E-state index contributed by atoms with van der Waals surface area (Å²) in [5.74, 6) is 0.986. The molecule has 32 heavy (non-hydrogen) atoms. The molecular formula is C25H31N3O4. The molecule has 0 bridgehead atoms. The number of anilines is 2. The molecule has 0 aromatic heterocycles. The summed E-state index contributed by atoms with van der Waals surface area (Å²) in [6, 6.07) is 13.0. The molecular weight excluding hydrogens is 406 g/mol. The lowest BCUT2D eigenvalue weighted by Gasteiger charge is -2.35. The number of hydrogen-bond donors (Lipinski definition) is 1. The predicted octanol–water partition coefficient (Wildman–Crippen LogP) is 3.61. The molecule has 1 N–H and O–H groups in total. The minimum Gasteiger partial charge on any atom is -0.484 e. The van der Waals surface area contributed by atoms with E-state index in [1.165, 1.54) is 19.3 Å². The van der Waals surface area contributed by atoms with Crippen LogP contribution in [0.3, 0.4) is 0 Å². The molecule has 2 amide bonds. The summed E-state index contributed by atoms with van der Waals surface area (Å²) in [6.45, 7) is 7.28. The molecule has 0 radical (unpaired) electrons. The van der Waals surface area contributed by atoms with Gasteiger partial charge in [0.05, 0.1) is 5.69 Å². The van der Waals surface area contributed by atoms with Crippen molar-refractivity contribution in [1.29, 1.82) is 0 Å². The van der Waals surface area contributed by atoms with Gasteiger partial charge < -0.3 is 24.6 Å². The van der Waals surface area contributed by atoms with Crippen LogP contribution in [0, 0.1) is 6.92 Å². The summed E-state index contributed by atoms with van der Waals surface area (Å²) in [5, 5.41) is 2.86. The van der Waals surface area contributed by atoms with Crippen LogP contribution in [0.2, 0.25) is 0 Å². The number of nitrogens with one attached hydrogen (secondary N) is 1. The predicted molar refractivity (Wildman–Crippen MR) is 124 cm³/mol. The minimum absolute atomic E-state index is 0.0549. The lowest BCUT2D eigenvalue weighted by Crippen LogP contribution is -2.48. The zero-order valence-corrected chi connectivity index (χ0v) is 18.8. The van der Waals surface area contributed by atoms with Gasteiger partial charge in [0.15, 0.2) is 12.7 Å². The van der Waals surface area contributed by atoms with E-state index < -0.39 is 6.10 Å². The number of carbonyl (C=O) groups is 2. The number of carbonyl (C=O) groups excluding carboxylic acids is 2. The van der Waals surface area contributed by atoms with Crippen LogP contribution in [-0.2, 0) is 9.59 Å². The molecule has 2 aromatic carbocycles. The van der Waals surface area contributed by atoms with Gasteiger partial charge >= 0.3 is 0 Å². The number of ether oxygens (including phenoxy) is 2. The van der Waals surface area contributed by atoms with Gasteiger partial charge in [-0.15, -0.1) is 0 Å². The summed E-state index contributed by atoms with van der Waals surface area (Å²) < 4.78 is 11.4. The average molecular weight is 438 g/mol. The Labute approximate surface area is 189 Å². The first-order valence-corrected chi connectivity index (χ1v) is 11.3. The Morgan fingerprint density at radius 2 is 1.84 bits per heavy atom. The maximum absolute atomic E-state index is 12.9. The molecule has 0 spiro atoms. The number of rotatable bonds is 7. The summed E-state index contributed by atoms with van der Waals surface area (Å²) in [5.41, 5.74) is 2.43. The number of fused-ring (bicyclic) bond motifs is 1. The van der Waals surface area contributed by atoms with E-state index in [4.69, 9.17) is 9.47 Å². The fourth-order valence-electron chi connectivity index (χ4n) is 4.12. The van der Waals surface area contributed by atoms with E-state index >= 15 is 0 Å². The van der Waals surface area contributed by atoms with E-state index in [1.807, 2.05) is 37.3 Å². The summed E-state index contributed by atoms with van der Waals surface area (Å²) >= 11 is 0. The molecule has 1 atom stereocenters. The Bertz CT molecular complexity index is 954. The van der Waals surface area contributed by atoms with E-state index in [2.05, 4.69) is 10.2 Å². The smallest absolute Gasteiger partial charge is 0.267 e. The van der Waals surface area contributed by atoms with Gasteiger partial charge in [0.2, 0.25) is 0 Å². The molecule has 4 rings (SSSR count). The van der Waals surface area contributed by atoms with E-state index in [1.54, 1.807) is 24.0 Å². The Balaban J connectivity index is 1.41. The highest BCUT2D eigenvalue weighted by molar-refractivity contribution is 6.01. The van der Waals surface area contributed by atoms with Gasteiger partial charge in [-0.25, -0.2) is 0 Å². The molecule has 2 aliphatic rings. The lowest BCUT2D eigenvalue weighted by molar-refractivity contribution is -0.125. The fraction of sp³-hybridized carbons (Fsp3) is 0.440. The molecule has 1 unspecified atom stereocenters. The maximum atomic E-state index is 12.9. The first-order valence-electron chi connectivity index (χ1n) is 11.3. The van der Waals surface area contributed by atoms with Crippen LogP contribution < -0.4 is 19.7 Å². The molecule has 0 aliphatic carbocycles. The van der Waals surface area contributed by atoms with Crippen LogP contribution >= 0.6 is 0 Å². The normalized spacial score (nSPS) is 18.6. The van der Waals surface area contributed by atoms with Crippen molar-refractivity contribution in [2.75, 3.05) is 43.0 Å². The third-order valence-corrected chi connectivity index (χ3v) is 5.93. The number of hydrogen-bond acceptors (Lipinski definition) is 5. The highest BCUT2D eigenvalue weighted by Gasteiger charge is 2.32. The second-order valence-corrected chi connectivity index (χ2v) is 8.48. The Hall–Kier alpha value is -3.06. The third-order valence-electron chi connectivity index (χ3n) is 5.93. The summed E-state index contributed by atoms with van der Waals surface area (Å²) in [6.07, 6.45) is 3.19. The molecule has 170 valence electrons. The molecule has 1 saturated heterocycles. The molecule has 1 fully saturated rings. The fourth-order valence-corrected chi connectivity index (χ4v) is 4.12. The zero-order chi connectivity index (χ0) is 22.5. The molecule has 7 nitrogen and oxygen atoms in total. The number of aryl methyl sites for hydroxylation is 1. The molecule has 0 saturated carbocycles. The standard InChI is InChI=1S/C25H31N3O4/c1-18-6-9-21(10-7-18)31-17-24(29)26-20-8-11-23-22(16-20)28(25(30)19(2)32-23)15-14-27-12-4-3-5-13-27/h6-11,16,19H,3-5,12-15,17H2,1-2H3,(H,26,29). The van der Waals surface area contributed by atoms with Crippen molar-refractivity contribution in [3.8, 4) is 11.5 Å². The van der Waals surface area contributed by atoms with E-state index in [0.717, 1.165) is 25.2 Å². The number of likely N-dealkylation sites (tertiary alicyclic amines) is 1. The second-order valence-electron chi connectivity index (χ2n) is 8.48. The van der Waals surface area contributed by atoms with E-state index in [-0.39, 0.29) is 18.4 Å². The first-order chi connectivity index (χ1) is 15.5. The van der Waals surface area contributed by atoms with Gasteiger partial charge in [-0.3, -0.25) is 9.59 Å². The van der Waals surface area contributed by atoms with Crippen LogP contribution in [0.15, 0.2) is 42.5 Å². The number of piperidine rings is 1. The van der Waals surface area contributed by atoms with Crippen LogP contribution in [0.1, 0.15) is 31.7 Å². The lowest BCUT2D eigenvalue weighted by atomic mass is 10.1. The minimum atomic E-state index is -0.521. The van der Waals surface area contributed by atoms with Crippen LogP contribution in [-0.4, -0.2) is 55.6 Å². The van der Waals surface area contributed by atoms with E-state index in [0.29, 0.717) is 29.4 Å². The van der Waals surface area contributed by atoms with Crippen molar-refractivity contribution in [3.05, 3.63) is 48.0 Å². The van der Waals surface area contributed by atoms with Gasteiger partial charge in [0, 0.05) is 18.8 Å². The van der Waals surface area contributed by atoms with Crippen molar-refractivity contribution >= 4 is 23.2 Å². The quantitative estimate of drug-likeness (QED) is 0.717. The molecule has 2 aromatic rings. The zero-order valence-electron chi connectivity index (χ0n) is 18.8. The number of amides is 2. The van der Waals surface area contributed by atoms with Crippen molar-refractivity contribution in [2.45, 2.75) is 39.2 Å². The first kappa shape index (κ1) is 22.1. The maximum Gasteiger partial charge on any atom is 0.267 e. The summed E-state index contributed by atoms with van der Waals surface area (Å²) in [4.78, 5) is 29.4. The highest BCUT2D eigenvalue weighted by atomic mass is 16.5. The van der Waals surface area contributed by atoms with Crippen molar-refractivity contribution < 1.29 is 19.1 Å². The van der Waals surface area contributed by atoms with Crippen molar-refractivity contribution in [2.24, 2.45) is 0 Å². The van der Waals surface area contributed by atoms with Gasteiger partial charge in [-0.05, 0) is 70.1 Å². The van der Waals surface area contributed by atoms with Gasteiger partial charge in [-0.2, -0.15) is 0 Å². The van der Waals surface area contributed by atoms with Gasteiger partial charge in [0.1, 0.15) is 11.5 Å². The SMILES string of the molecule is Cc1ccc(OCC(=O)Nc2ccc3c(c2)N(CCN2CCCCC2)C(=O)C(C)O3)cc1. The third kappa shape index (κ3) is 5.40. The van der Waals surface area contributed by atoms with Crippen LogP contribution in [0.4, 0.5) is 11.4 Å². The van der Waals surface area contributed by atoms with Crippen molar-refractivity contribution in [3.63, 3.8) is 0 Å². The Kier molecular flexibility index (Phi) is 6.95.